The zero-order chi connectivity index (χ0) is 20.9. The summed E-state index contributed by atoms with van der Waals surface area (Å²) < 4.78 is 32.4. The van der Waals surface area contributed by atoms with Gasteiger partial charge >= 0.3 is 0 Å². The maximum atomic E-state index is 12.7. The van der Waals surface area contributed by atoms with Crippen LogP contribution < -0.4 is 10.1 Å². The van der Waals surface area contributed by atoms with Gasteiger partial charge in [0, 0.05) is 24.7 Å². The van der Waals surface area contributed by atoms with Crippen molar-refractivity contribution in [2.75, 3.05) is 19.7 Å². The normalized spacial score (nSPS) is 15.1. The molecule has 6 nitrogen and oxygen atoms in total. The van der Waals surface area contributed by atoms with Crippen LogP contribution in [0.4, 0.5) is 0 Å². The summed E-state index contributed by atoms with van der Waals surface area (Å²) in [4.78, 5) is 12.3. The number of halogens is 1. The highest BCUT2D eigenvalue weighted by Crippen LogP contribution is 2.22. The van der Waals surface area contributed by atoms with Crippen LogP contribution in [0.5, 0.6) is 5.75 Å². The molecule has 1 heterocycles. The number of piperidine rings is 1. The molecule has 156 valence electrons. The molecule has 0 atom stereocenters. The van der Waals surface area contributed by atoms with Crippen LogP contribution in [-0.2, 0) is 21.4 Å². The first-order valence-electron chi connectivity index (χ1n) is 9.61. The Morgan fingerprint density at radius 3 is 2.45 bits per heavy atom. The van der Waals surface area contributed by atoms with E-state index in [-0.39, 0.29) is 17.4 Å². The van der Waals surface area contributed by atoms with Gasteiger partial charge in [-0.15, -0.1) is 0 Å². The van der Waals surface area contributed by atoms with E-state index in [1.54, 1.807) is 46.8 Å². The van der Waals surface area contributed by atoms with Crippen molar-refractivity contribution in [2.24, 2.45) is 0 Å². The highest BCUT2D eigenvalue weighted by atomic mass is 35.5. The number of nitrogens with zero attached hydrogens (tertiary/aromatic N) is 1. The molecule has 29 heavy (non-hydrogen) atoms. The maximum Gasteiger partial charge on any atom is 0.258 e. The van der Waals surface area contributed by atoms with E-state index in [1.165, 1.54) is 0 Å². The Balaban J connectivity index is 1.51. The van der Waals surface area contributed by atoms with Crippen LogP contribution in [0.1, 0.15) is 30.4 Å². The molecule has 3 rings (SSSR count). The molecule has 2 aromatic carbocycles. The molecule has 8 heteroatoms. The van der Waals surface area contributed by atoms with Crippen LogP contribution in [0.2, 0.25) is 5.02 Å². The van der Waals surface area contributed by atoms with Gasteiger partial charge in [0.25, 0.3) is 5.91 Å². The van der Waals surface area contributed by atoms with Gasteiger partial charge < -0.3 is 10.1 Å². The number of nitrogens with one attached hydrogen (secondary N) is 1. The summed E-state index contributed by atoms with van der Waals surface area (Å²) in [6.07, 6.45) is 2.88. The molecular weight excluding hydrogens is 412 g/mol. The number of carbonyl (C=O) groups is 1. The summed E-state index contributed by atoms with van der Waals surface area (Å²) >= 11 is 5.91. The molecule has 0 unspecified atom stereocenters. The number of carbonyl (C=O) groups excluding carboxylic acids is 1. The second-order valence-corrected chi connectivity index (χ2v) is 9.46. The Bertz CT molecular complexity index is 955. The van der Waals surface area contributed by atoms with Crippen LogP contribution in [0.3, 0.4) is 0 Å². The lowest BCUT2D eigenvalue weighted by Gasteiger charge is -2.25. The molecule has 1 amide bonds. The minimum atomic E-state index is -3.44. The quantitative estimate of drug-likeness (QED) is 0.720. The highest BCUT2D eigenvalue weighted by molar-refractivity contribution is 7.89. The van der Waals surface area contributed by atoms with Gasteiger partial charge in [0.05, 0.1) is 4.90 Å². The van der Waals surface area contributed by atoms with E-state index < -0.39 is 10.0 Å². The Morgan fingerprint density at radius 1 is 1.10 bits per heavy atom. The predicted octanol–water partition coefficient (Wildman–Crippen LogP) is 3.52. The van der Waals surface area contributed by atoms with E-state index in [0.717, 1.165) is 30.4 Å². The summed E-state index contributed by atoms with van der Waals surface area (Å²) in [5.74, 6) is 0.348. The van der Waals surface area contributed by atoms with Gasteiger partial charge in [0.1, 0.15) is 5.75 Å². The summed E-state index contributed by atoms with van der Waals surface area (Å²) in [6.45, 7) is 3.20. The number of sulfonamides is 1. The van der Waals surface area contributed by atoms with Crippen LogP contribution in [0.15, 0.2) is 47.4 Å². The van der Waals surface area contributed by atoms with Crippen molar-refractivity contribution >= 4 is 27.5 Å². The number of amides is 1. The van der Waals surface area contributed by atoms with E-state index in [2.05, 4.69) is 5.32 Å². The standard InChI is InChI=1S/C21H25ClN2O4S/c1-16-13-18(22)7-10-20(16)28-15-21(25)23-14-17-5-8-19(9-6-17)29(26,27)24-11-3-2-4-12-24/h5-10,13H,2-4,11-12,14-15H2,1H3,(H,23,25). The summed E-state index contributed by atoms with van der Waals surface area (Å²) in [7, 11) is -3.44. The summed E-state index contributed by atoms with van der Waals surface area (Å²) in [5, 5.41) is 3.39. The smallest absolute Gasteiger partial charge is 0.258 e. The zero-order valence-electron chi connectivity index (χ0n) is 16.4. The number of rotatable bonds is 7. The number of benzene rings is 2. The van der Waals surface area contributed by atoms with Gasteiger partial charge in [-0.2, -0.15) is 4.31 Å². The molecule has 0 radical (unpaired) electrons. The third-order valence-corrected chi connectivity index (χ3v) is 7.01. The fourth-order valence-corrected chi connectivity index (χ4v) is 4.95. The SMILES string of the molecule is Cc1cc(Cl)ccc1OCC(=O)NCc1ccc(S(=O)(=O)N2CCCCC2)cc1. The van der Waals surface area contributed by atoms with Crippen molar-refractivity contribution in [3.05, 3.63) is 58.6 Å². The molecule has 1 N–H and O–H groups in total. The molecule has 0 aromatic heterocycles. The minimum Gasteiger partial charge on any atom is -0.484 e. The van der Waals surface area contributed by atoms with Crippen LogP contribution in [0, 0.1) is 6.92 Å². The molecule has 0 saturated carbocycles. The van der Waals surface area contributed by atoms with E-state index in [4.69, 9.17) is 16.3 Å². The van der Waals surface area contributed by atoms with E-state index in [1.807, 2.05) is 6.92 Å². The first kappa shape index (κ1) is 21.6. The van der Waals surface area contributed by atoms with Crippen LogP contribution in [-0.4, -0.2) is 38.3 Å². The third kappa shape index (κ3) is 5.72. The maximum absolute atomic E-state index is 12.7. The molecular formula is C21H25ClN2O4S. The lowest BCUT2D eigenvalue weighted by molar-refractivity contribution is -0.123. The molecule has 0 bridgehead atoms. The molecule has 0 spiro atoms. The average Bonchev–Trinajstić information content (AvgIpc) is 2.72. The van der Waals surface area contributed by atoms with Crippen molar-refractivity contribution in [1.82, 2.24) is 9.62 Å². The predicted molar refractivity (Wildman–Crippen MR) is 113 cm³/mol. The van der Waals surface area contributed by atoms with Crippen molar-refractivity contribution in [2.45, 2.75) is 37.6 Å². The van der Waals surface area contributed by atoms with Gasteiger partial charge in [-0.25, -0.2) is 8.42 Å². The van der Waals surface area contributed by atoms with Gasteiger partial charge in [-0.3, -0.25) is 4.79 Å². The molecule has 1 fully saturated rings. The first-order valence-corrected chi connectivity index (χ1v) is 11.4. The topological polar surface area (TPSA) is 75.7 Å². The van der Waals surface area contributed by atoms with E-state index in [9.17, 15) is 13.2 Å². The fourth-order valence-electron chi connectivity index (χ4n) is 3.20. The van der Waals surface area contributed by atoms with Gasteiger partial charge in [-0.05, 0) is 61.2 Å². The lowest BCUT2D eigenvalue weighted by atomic mass is 10.2. The monoisotopic (exact) mass is 436 g/mol. The zero-order valence-corrected chi connectivity index (χ0v) is 17.9. The molecule has 1 aliphatic heterocycles. The second kappa shape index (κ2) is 9.61. The number of hydrogen-bond acceptors (Lipinski definition) is 4. The largest absolute Gasteiger partial charge is 0.484 e. The summed E-state index contributed by atoms with van der Waals surface area (Å²) in [5.41, 5.74) is 1.68. The number of aryl methyl sites for hydroxylation is 1. The molecule has 1 aliphatic rings. The fraction of sp³-hybridized carbons (Fsp3) is 0.381. The van der Waals surface area contributed by atoms with Crippen molar-refractivity contribution < 1.29 is 17.9 Å². The average molecular weight is 437 g/mol. The van der Waals surface area contributed by atoms with Crippen LogP contribution in [0.25, 0.3) is 0 Å². The van der Waals surface area contributed by atoms with Crippen molar-refractivity contribution in [1.29, 1.82) is 0 Å². The van der Waals surface area contributed by atoms with E-state index >= 15 is 0 Å². The highest BCUT2D eigenvalue weighted by Gasteiger charge is 2.25. The molecule has 2 aromatic rings. The van der Waals surface area contributed by atoms with Gasteiger partial charge in [0.2, 0.25) is 10.0 Å². The second-order valence-electron chi connectivity index (χ2n) is 7.08. The Morgan fingerprint density at radius 2 is 1.79 bits per heavy atom. The van der Waals surface area contributed by atoms with Crippen molar-refractivity contribution in [3.63, 3.8) is 0 Å². The lowest BCUT2D eigenvalue weighted by Crippen LogP contribution is -2.35. The molecule has 1 saturated heterocycles. The minimum absolute atomic E-state index is 0.107. The number of hydrogen-bond donors (Lipinski definition) is 1. The first-order chi connectivity index (χ1) is 13.9. The number of ether oxygens (including phenoxy) is 1. The van der Waals surface area contributed by atoms with Crippen molar-refractivity contribution in [3.8, 4) is 5.75 Å². The third-order valence-electron chi connectivity index (χ3n) is 4.86. The van der Waals surface area contributed by atoms with Gasteiger partial charge in [0.15, 0.2) is 6.61 Å². The Kier molecular flexibility index (Phi) is 7.16. The molecule has 0 aliphatic carbocycles. The Hall–Kier alpha value is -2.09. The summed E-state index contributed by atoms with van der Waals surface area (Å²) in [6, 6.07) is 11.8. The van der Waals surface area contributed by atoms with Crippen LogP contribution >= 0.6 is 11.6 Å². The van der Waals surface area contributed by atoms with Gasteiger partial charge in [-0.1, -0.05) is 30.2 Å². The van der Waals surface area contributed by atoms with E-state index in [0.29, 0.717) is 30.4 Å². The Labute approximate surface area is 176 Å².